The maximum atomic E-state index is 14.0. The van der Waals surface area contributed by atoms with Crippen molar-refractivity contribution in [3.63, 3.8) is 0 Å². The number of halogens is 1. The number of benzene rings is 2. The molecule has 2 aromatic carbocycles. The van der Waals surface area contributed by atoms with Crippen LogP contribution >= 0.6 is 0 Å². The molecule has 0 aliphatic rings. The predicted molar refractivity (Wildman–Crippen MR) is 75.2 cm³/mol. The largest absolute Gasteiger partial charge is 0.399 e. The first-order valence-electron chi connectivity index (χ1n) is 6.21. The fourth-order valence-electron chi connectivity index (χ4n) is 2.31. The number of nitrogen functional groups attached to an aromatic ring is 1. The molecule has 3 aromatic rings. The first-order chi connectivity index (χ1) is 9.20. The zero-order valence-corrected chi connectivity index (χ0v) is 10.6. The van der Waals surface area contributed by atoms with Crippen molar-refractivity contribution in [2.24, 2.45) is 0 Å². The molecule has 96 valence electrons. The number of aromatic nitrogens is 2. The fraction of sp³-hybridized carbons (Fsp3) is 0.133. The Morgan fingerprint density at radius 1 is 1.21 bits per heavy atom. The van der Waals surface area contributed by atoms with Crippen molar-refractivity contribution in [1.29, 1.82) is 0 Å². The molecular weight excluding hydrogens is 241 g/mol. The zero-order chi connectivity index (χ0) is 13.4. The van der Waals surface area contributed by atoms with Crippen LogP contribution in [0.1, 0.15) is 6.92 Å². The highest BCUT2D eigenvalue weighted by Crippen LogP contribution is 2.27. The molecule has 4 heteroatoms. The minimum absolute atomic E-state index is 0.343. The third-order valence-electron chi connectivity index (χ3n) is 3.20. The van der Waals surface area contributed by atoms with E-state index in [2.05, 4.69) is 4.98 Å². The van der Waals surface area contributed by atoms with Gasteiger partial charge in [-0.15, -0.1) is 0 Å². The fourth-order valence-corrected chi connectivity index (χ4v) is 2.31. The Morgan fingerprint density at radius 2 is 2.00 bits per heavy atom. The second-order valence-corrected chi connectivity index (χ2v) is 4.41. The van der Waals surface area contributed by atoms with E-state index in [4.69, 9.17) is 5.73 Å². The quantitative estimate of drug-likeness (QED) is 0.713. The van der Waals surface area contributed by atoms with E-state index < -0.39 is 0 Å². The standard InChI is InChI=1S/C15H14FN3/c1-2-19-14-6-4-3-5-13(14)18-15(19)11-8-7-10(17)9-12(11)16/h3-9H,2,17H2,1H3. The van der Waals surface area contributed by atoms with Gasteiger partial charge in [-0.3, -0.25) is 0 Å². The average molecular weight is 255 g/mol. The molecule has 1 heterocycles. The SMILES string of the molecule is CCn1c(-c2ccc(N)cc2F)nc2ccccc21. The van der Waals surface area contributed by atoms with E-state index in [0.717, 1.165) is 17.6 Å². The van der Waals surface area contributed by atoms with Crippen molar-refractivity contribution in [2.75, 3.05) is 5.73 Å². The molecule has 3 rings (SSSR count). The Kier molecular flexibility index (Phi) is 2.71. The molecule has 3 nitrogen and oxygen atoms in total. The van der Waals surface area contributed by atoms with Gasteiger partial charge in [0.05, 0.1) is 16.6 Å². The number of aryl methyl sites for hydroxylation is 1. The summed E-state index contributed by atoms with van der Waals surface area (Å²) in [4.78, 5) is 4.53. The highest BCUT2D eigenvalue weighted by Gasteiger charge is 2.14. The lowest BCUT2D eigenvalue weighted by Crippen LogP contribution is -1.99. The lowest BCUT2D eigenvalue weighted by atomic mass is 10.2. The summed E-state index contributed by atoms with van der Waals surface area (Å²) >= 11 is 0. The maximum Gasteiger partial charge on any atom is 0.144 e. The number of fused-ring (bicyclic) bond motifs is 1. The van der Waals surface area contributed by atoms with Crippen LogP contribution in [0.25, 0.3) is 22.4 Å². The molecule has 0 radical (unpaired) electrons. The lowest BCUT2D eigenvalue weighted by molar-refractivity contribution is 0.628. The molecule has 0 saturated heterocycles. The third-order valence-corrected chi connectivity index (χ3v) is 3.20. The monoisotopic (exact) mass is 255 g/mol. The van der Waals surface area contributed by atoms with Gasteiger partial charge >= 0.3 is 0 Å². The highest BCUT2D eigenvalue weighted by molar-refractivity contribution is 5.80. The molecule has 0 bridgehead atoms. The van der Waals surface area contributed by atoms with Gasteiger partial charge in [-0.2, -0.15) is 0 Å². The summed E-state index contributed by atoms with van der Waals surface area (Å²) in [6.45, 7) is 2.76. The van der Waals surface area contributed by atoms with E-state index in [9.17, 15) is 4.39 Å². The number of nitrogens with two attached hydrogens (primary N) is 1. The van der Waals surface area contributed by atoms with Gasteiger partial charge < -0.3 is 10.3 Å². The van der Waals surface area contributed by atoms with Gasteiger partial charge in [0.2, 0.25) is 0 Å². The second-order valence-electron chi connectivity index (χ2n) is 4.41. The van der Waals surface area contributed by atoms with Crippen LogP contribution < -0.4 is 5.73 Å². The molecule has 0 spiro atoms. The molecule has 0 unspecified atom stereocenters. The van der Waals surface area contributed by atoms with E-state index in [-0.39, 0.29) is 5.82 Å². The zero-order valence-electron chi connectivity index (χ0n) is 10.6. The average Bonchev–Trinajstić information content (AvgIpc) is 2.76. The molecule has 19 heavy (non-hydrogen) atoms. The summed E-state index contributed by atoms with van der Waals surface area (Å²) in [5.74, 6) is 0.297. The molecular formula is C15H14FN3. The van der Waals surface area contributed by atoms with Crippen LogP contribution in [-0.2, 0) is 6.54 Å². The Morgan fingerprint density at radius 3 is 2.74 bits per heavy atom. The maximum absolute atomic E-state index is 14.0. The van der Waals surface area contributed by atoms with Crippen molar-refractivity contribution in [2.45, 2.75) is 13.5 Å². The van der Waals surface area contributed by atoms with Crippen LogP contribution in [0.4, 0.5) is 10.1 Å². The lowest BCUT2D eigenvalue weighted by Gasteiger charge is -2.07. The minimum atomic E-state index is -0.343. The first kappa shape index (κ1) is 11.7. The van der Waals surface area contributed by atoms with Crippen LogP contribution in [0.15, 0.2) is 42.5 Å². The number of hydrogen-bond donors (Lipinski definition) is 1. The highest BCUT2D eigenvalue weighted by atomic mass is 19.1. The van der Waals surface area contributed by atoms with Crippen molar-refractivity contribution in [3.8, 4) is 11.4 Å². The van der Waals surface area contributed by atoms with Gasteiger partial charge in [-0.25, -0.2) is 9.37 Å². The normalized spacial score (nSPS) is 11.1. The molecule has 0 aliphatic heterocycles. The van der Waals surface area contributed by atoms with Crippen LogP contribution in [0.3, 0.4) is 0 Å². The van der Waals surface area contributed by atoms with Crippen LogP contribution in [0, 0.1) is 5.82 Å². The summed E-state index contributed by atoms with van der Waals surface area (Å²) in [5.41, 5.74) is 8.36. The Labute approximate surface area is 110 Å². The van der Waals surface area contributed by atoms with Crippen LogP contribution in [0.2, 0.25) is 0 Å². The smallest absolute Gasteiger partial charge is 0.144 e. The number of anilines is 1. The van der Waals surface area contributed by atoms with Crippen molar-refractivity contribution in [3.05, 3.63) is 48.3 Å². The Hall–Kier alpha value is -2.36. The van der Waals surface area contributed by atoms with Gasteiger partial charge in [0.15, 0.2) is 0 Å². The van der Waals surface area contributed by atoms with E-state index in [1.165, 1.54) is 6.07 Å². The minimum Gasteiger partial charge on any atom is -0.399 e. The number of rotatable bonds is 2. The van der Waals surface area contributed by atoms with Gasteiger partial charge in [0.1, 0.15) is 11.6 Å². The number of imidazole rings is 1. The van der Waals surface area contributed by atoms with Gasteiger partial charge in [-0.05, 0) is 37.3 Å². The first-order valence-corrected chi connectivity index (χ1v) is 6.21. The Bertz CT molecular complexity index is 746. The van der Waals surface area contributed by atoms with Gasteiger partial charge in [0, 0.05) is 12.2 Å². The van der Waals surface area contributed by atoms with Gasteiger partial charge in [-0.1, -0.05) is 12.1 Å². The van der Waals surface area contributed by atoms with E-state index in [1.807, 2.05) is 35.8 Å². The summed E-state index contributed by atoms with van der Waals surface area (Å²) in [6, 6.07) is 12.5. The van der Waals surface area contributed by atoms with Crippen molar-refractivity contribution < 1.29 is 4.39 Å². The molecule has 0 saturated carbocycles. The molecule has 0 amide bonds. The van der Waals surface area contributed by atoms with E-state index in [1.54, 1.807) is 12.1 Å². The van der Waals surface area contributed by atoms with Crippen molar-refractivity contribution in [1.82, 2.24) is 9.55 Å². The molecule has 0 aliphatic carbocycles. The van der Waals surface area contributed by atoms with E-state index >= 15 is 0 Å². The summed E-state index contributed by atoms with van der Waals surface area (Å²) in [5, 5.41) is 0. The number of hydrogen-bond acceptors (Lipinski definition) is 2. The summed E-state index contributed by atoms with van der Waals surface area (Å²) < 4.78 is 16.1. The summed E-state index contributed by atoms with van der Waals surface area (Å²) in [6.07, 6.45) is 0. The molecule has 1 aromatic heterocycles. The number of para-hydroxylation sites is 2. The van der Waals surface area contributed by atoms with Gasteiger partial charge in [0.25, 0.3) is 0 Å². The van der Waals surface area contributed by atoms with Crippen LogP contribution in [0.5, 0.6) is 0 Å². The predicted octanol–water partition coefficient (Wildman–Crippen LogP) is 3.44. The Balaban J connectivity index is 2.30. The molecule has 0 fully saturated rings. The second kappa shape index (κ2) is 4.39. The summed E-state index contributed by atoms with van der Waals surface area (Å²) in [7, 11) is 0. The van der Waals surface area contributed by atoms with Crippen molar-refractivity contribution >= 4 is 16.7 Å². The number of nitrogens with zero attached hydrogens (tertiary/aromatic N) is 2. The topological polar surface area (TPSA) is 43.8 Å². The van der Waals surface area contributed by atoms with Crippen LogP contribution in [-0.4, -0.2) is 9.55 Å². The third kappa shape index (κ3) is 1.85. The van der Waals surface area contributed by atoms with E-state index in [0.29, 0.717) is 17.1 Å². The molecule has 0 atom stereocenters. The molecule has 2 N–H and O–H groups in total.